The van der Waals surface area contributed by atoms with Crippen molar-refractivity contribution in [3.8, 4) is 0 Å². The minimum absolute atomic E-state index is 0. The number of hydrogen-bond donors (Lipinski definition) is 2. The average Bonchev–Trinajstić information content (AvgIpc) is 2.19. The second-order valence-corrected chi connectivity index (χ2v) is 2.37. The zero-order valence-corrected chi connectivity index (χ0v) is 6.28. The monoisotopic (exact) mass is 151 g/mol. The van der Waals surface area contributed by atoms with Crippen molar-refractivity contribution >= 4 is 12.4 Å². The van der Waals surface area contributed by atoms with Gasteiger partial charge in [-0.15, -0.1) is 12.4 Å². The fourth-order valence-electron chi connectivity index (χ4n) is 1.14. The van der Waals surface area contributed by atoms with Crippen LogP contribution in [0.2, 0.25) is 0 Å². The maximum absolute atomic E-state index is 8.50. The van der Waals surface area contributed by atoms with Gasteiger partial charge >= 0.3 is 0 Å². The highest BCUT2D eigenvalue weighted by molar-refractivity contribution is 5.85. The Labute approximate surface area is 62.1 Å². The van der Waals surface area contributed by atoms with E-state index in [1.807, 2.05) is 0 Å². The third-order valence-electron chi connectivity index (χ3n) is 1.70. The van der Waals surface area contributed by atoms with Gasteiger partial charge in [-0.3, -0.25) is 0 Å². The minimum atomic E-state index is 0. The third kappa shape index (κ3) is 3.04. The van der Waals surface area contributed by atoms with Crippen molar-refractivity contribution in [2.75, 3.05) is 19.7 Å². The molecule has 0 aromatic heterocycles. The summed E-state index contributed by atoms with van der Waals surface area (Å²) in [5, 5.41) is 11.7. The molecule has 56 valence electrons. The van der Waals surface area contributed by atoms with E-state index in [1.165, 1.54) is 6.42 Å². The zero-order chi connectivity index (χ0) is 5.82. The predicted molar refractivity (Wildman–Crippen MR) is 39.9 cm³/mol. The Morgan fingerprint density at radius 3 is 2.78 bits per heavy atom. The fraction of sp³-hybridized carbons (Fsp3) is 1.00. The number of halogens is 1. The lowest BCUT2D eigenvalue weighted by Gasteiger charge is -2.01. The van der Waals surface area contributed by atoms with Gasteiger partial charge in [0.15, 0.2) is 0 Å². The number of rotatable bonds is 2. The molecule has 1 saturated heterocycles. The van der Waals surface area contributed by atoms with Gasteiger partial charge in [0.25, 0.3) is 0 Å². The zero-order valence-electron chi connectivity index (χ0n) is 5.47. The molecule has 0 radical (unpaired) electrons. The van der Waals surface area contributed by atoms with Crippen LogP contribution in [0.25, 0.3) is 0 Å². The van der Waals surface area contributed by atoms with E-state index >= 15 is 0 Å². The summed E-state index contributed by atoms with van der Waals surface area (Å²) >= 11 is 0. The van der Waals surface area contributed by atoms with Crippen molar-refractivity contribution in [1.82, 2.24) is 5.32 Å². The summed E-state index contributed by atoms with van der Waals surface area (Å²) < 4.78 is 0. The summed E-state index contributed by atoms with van der Waals surface area (Å²) in [4.78, 5) is 0. The lowest BCUT2D eigenvalue weighted by Crippen LogP contribution is -2.09. The number of aliphatic hydroxyl groups is 1. The number of hydrogen-bond acceptors (Lipinski definition) is 2. The Morgan fingerprint density at radius 1 is 1.56 bits per heavy atom. The Balaban J connectivity index is 0.000000640. The lowest BCUT2D eigenvalue weighted by atomic mass is 10.1. The molecule has 0 spiro atoms. The van der Waals surface area contributed by atoms with Gasteiger partial charge in [-0.1, -0.05) is 0 Å². The van der Waals surface area contributed by atoms with Crippen molar-refractivity contribution in [2.24, 2.45) is 5.92 Å². The van der Waals surface area contributed by atoms with Crippen LogP contribution in [0.5, 0.6) is 0 Å². The van der Waals surface area contributed by atoms with E-state index < -0.39 is 0 Å². The number of nitrogens with one attached hydrogen (secondary N) is 1. The topological polar surface area (TPSA) is 32.3 Å². The summed E-state index contributed by atoms with van der Waals surface area (Å²) in [6.45, 7) is 2.61. The van der Waals surface area contributed by atoms with Crippen LogP contribution < -0.4 is 5.32 Å². The van der Waals surface area contributed by atoms with E-state index in [1.54, 1.807) is 0 Å². The molecule has 0 saturated carbocycles. The molecule has 0 bridgehead atoms. The Hall–Kier alpha value is 0.210. The molecule has 1 aliphatic heterocycles. The van der Waals surface area contributed by atoms with Gasteiger partial charge in [0.05, 0.1) is 0 Å². The first-order valence-corrected chi connectivity index (χ1v) is 3.25. The van der Waals surface area contributed by atoms with E-state index in [9.17, 15) is 0 Å². The molecule has 1 atom stereocenters. The van der Waals surface area contributed by atoms with Crippen LogP contribution in [0.4, 0.5) is 0 Å². The van der Waals surface area contributed by atoms with Gasteiger partial charge < -0.3 is 10.4 Å². The molecule has 1 aliphatic rings. The quantitative estimate of drug-likeness (QED) is 0.599. The second kappa shape index (κ2) is 5.03. The molecule has 0 aromatic carbocycles. The first-order chi connectivity index (χ1) is 3.93. The van der Waals surface area contributed by atoms with E-state index in [0.717, 1.165) is 25.4 Å². The van der Waals surface area contributed by atoms with Gasteiger partial charge in [0.1, 0.15) is 0 Å². The normalized spacial score (nSPS) is 25.7. The summed E-state index contributed by atoms with van der Waals surface area (Å²) in [5.41, 5.74) is 0. The molecule has 2 N–H and O–H groups in total. The van der Waals surface area contributed by atoms with Crippen LogP contribution >= 0.6 is 12.4 Å². The van der Waals surface area contributed by atoms with Gasteiger partial charge in [0, 0.05) is 6.61 Å². The maximum atomic E-state index is 8.50. The van der Waals surface area contributed by atoms with Crippen molar-refractivity contribution in [1.29, 1.82) is 0 Å². The molecular formula is C6H14ClNO. The summed E-state index contributed by atoms with van der Waals surface area (Å²) in [6, 6.07) is 0. The van der Waals surface area contributed by atoms with Crippen molar-refractivity contribution in [3.05, 3.63) is 0 Å². The lowest BCUT2D eigenvalue weighted by molar-refractivity contribution is 0.262. The minimum Gasteiger partial charge on any atom is -0.396 e. The second-order valence-electron chi connectivity index (χ2n) is 2.37. The number of aliphatic hydroxyl groups excluding tert-OH is 1. The van der Waals surface area contributed by atoms with Crippen molar-refractivity contribution < 1.29 is 5.11 Å². The SMILES string of the molecule is Cl.OCC[C@@H]1CCNC1. The standard InChI is InChI=1S/C6H13NO.ClH/c8-4-2-6-1-3-7-5-6;/h6-8H,1-5H2;1H/t6-;/m0./s1. The highest BCUT2D eigenvalue weighted by Gasteiger charge is 2.12. The Morgan fingerprint density at radius 2 is 2.33 bits per heavy atom. The van der Waals surface area contributed by atoms with E-state index in [0.29, 0.717) is 6.61 Å². The first-order valence-electron chi connectivity index (χ1n) is 3.25. The van der Waals surface area contributed by atoms with E-state index in [-0.39, 0.29) is 12.4 Å². The summed E-state index contributed by atoms with van der Waals surface area (Å²) in [5.74, 6) is 0.750. The summed E-state index contributed by atoms with van der Waals surface area (Å²) in [6.07, 6.45) is 2.23. The largest absolute Gasteiger partial charge is 0.396 e. The van der Waals surface area contributed by atoms with E-state index in [4.69, 9.17) is 5.11 Å². The fourth-order valence-corrected chi connectivity index (χ4v) is 1.14. The van der Waals surface area contributed by atoms with Gasteiger partial charge in [-0.2, -0.15) is 0 Å². The third-order valence-corrected chi connectivity index (χ3v) is 1.70. The van der Waals surface area contributed by atoms with Crippen LogP contribution in [0.15, 0.2) is 0 Å². The molecule has 0 amide bonds. The smallest absolute Gasteiger partial charge is 0.0434 e. The molecule has 1 fully saturated rings. The summed E-state index contributed by atoms with van der Waals surface area (Å²) in [7, 11) is 0. The Bertz CT molecular complexity index is 64.1. The molecule has 1 heterocycles. The van der Waals surface area contributed by atoms with Gasteiger partial charge in [-0.25, -0.2) is 0 Å². The van der Waals surface area contributed by atoms with Crippen LogP contribution in [0.3, 0.4) is 0 Å². The molecule has 1 rings (SSSR count). The molecule has 3 heteroatoms. The highest BCUT2D eigenvalue weighted by atomic mass is 35.5. The van der Waals surface area contributed by atoms with Crippen LogP contribution in [0.1, 0.15) is 12.8 Å². The average molecular weight is 152 g/mol. The van der Waals surface area contributed by atoms with Crippen LogP contribution in [-0.4, -0.2) is 24.8 Å². The molecule has 0 aromatic rings. The van der Waals surface area contributed by atoms with E-state index in [2.05, 4.69) is 5.32 Å². The molecule has 0 aliphatic carbocycles. The van der Waals surface area contributed by atoms with Crippen LogP contribution in [0, 0.1) is 5.92 Å². The van der Waals surface area contributed by atoms with Crippen molar-refractivity contribution in [2.45, 2.75) is 12.8 Å². The van der Waals surface area contributed by atoms with Gasteiger partial charge in [0.2, 0.25) is 0 Å². The molecule has 0 unspecified atom stereocenters. The first kappa shape index (κ1) is 9.21. The predicted octanol–water partition coefficient (Wildman–Crippen LogP) is 0.400. The Kier molecular flexibility index (Phi) is 5.15. The van der Waals surface area contributed by atoms with Gasteiger partial charge in [-0.05, 0) is 31.8 Å². The highest BCUT2D eigenvalue weighted by Crippen LogP contribution is 2.10. The molecular weight excluding hydrogens is 138 g/mol. The van der Waals surface area contributed by atoms with Crippen molar-refractivity contribution in [3.63, 3.8) is 0 Å². The molecule has 9 heavy (non-hydrogen) atoms. The maximum Gasteiger partial charge on any atom is 0.0434 e. The molecule has 2 nitrogen and oxygen atoms in total. The van der Waals surface area contributed by atoms with Crippen LogP contribution in [-0.2, 0) is 0 Å².